The Labute approximate surface area is 127 Å². The molecule has 0 saturated carbocycles. The zero-order valence-electron chi connectivity index (χ0n) is 12.9. The number of likely N-dealkylation sites (tertiary alicyclic amines) is 1. The van der Waals surface area contributed by atoms with E-state index in [1.165, 1.54) is 12.8 Å². The first kappa shape index (κ1) is 15.8. The largest absolute Gasteiger partial charge is 0.330 e. The summed E-state index contributed by atoms with van der Waals surface area (Å²) < 4.78 is 2.06. The third-order valence-corrected chi connectivity index (χ3v) is 4.93. The molecule has 1 aromatic rings. The van der Waals surface area contributed by atoms with Crippen molar-refractivity contribution in [2.45, 2.75) is 59.2 Å². The first-order valence-corrected chi connectivity index (χ1v) is 8.16. The highest BCUT2D eigenvalue weighted by Gasteiger charge is 2.26. The molecule has 2 rings (SSSR count). The van der Waals surface area contributed by atoms with Crippen LogP contribution < -0.4 is 5.73 Å². The minimum Gasteiger partial charge on any atom is -0.330 e. The van der Waals surface area contributed by atoms with Crippen molar-refractivity contribution in [3.8, 4) is 0 Å². The molecule has 2 heterocycles. The monoisotopic (exact) mass is 298 g/mol. The maximum atomic E-state index is 6.51. The highest BCUT2D eigenvalue weighted by molar-refractivity contribution is 6.31. The number of aryl methyl sites for hydroxylation is 2. The summed E-state index contributed by atoms with van der Waals surface area (Å²) in [5.41, 5.74) is 8.03. The van der Waals surface area contributed by atoms with Crippen LogP contribution in [0.3, 0.4) is 0 Å². The summed E-state index contributed by atoms with van der Waals surface area (Å²) in [5, 5.41) is 5.47. The van der Waals surface area contributed by atoms with Gasteiger partial charge in [0, 0.05) is 25.7 Å². The van der Waals surface area contributed by atoms with Gasteiger partial charge in [0.15, 0.2) is 0 Å². The molecule has 2 N–H and O–H groups in total. The normalized spacial score (nSPS) is 24.2. The summed E-state index contributed by atoms with van der Waals surface area (Å²) >= 11 is 6.51. The SMILES string of the molecule is CCc1nn(CC)c(CN2CC(CN)CCC2C)c1Cl. The quantitative estimate of drug-likeness (QED) is 0.909. The standard InChI is InChI=1S/C15H27ClN4/c1-4-13-15(16)14(20(5-2)18-13)10-19-9-12(8-17)7-6-11(19)3/h11-12H,4-10,17H2,1-3H3. The lowest BCUT2D eigenvalue weighted by atomic mass is 9.93. The van der Waals surface area contributed by atoms with Crippen molar-refractivity contribution >= 4 is 11.6 Å². The minimum absolute atomic E-state index is 0.596. The van der Waals surface area contributed by atoms with Crippen molar-refractivity contribution in [2.75, 3.05) is 13.1 Å². The molecule has 0 amide bonds. The fourth-order valence-electron chi connectivity index (χ4n) is 3.04. The second-order valence-electron chi connectivity index (χ2n) is 5.83. The van der Waals surface area contributed by atoms with Crippen molar-refractivity contribution in [1.29, 1.82) is 0 Å². The molecule has 1 aliphatic rings. The molecule has 5 heteroatoms. The minimum atomic E-state index is 0.596. The number of piperidine rings is 1. The number of hydrogen-bond donors (Lipinski definition) is 1. The molecule has 1 fully saturated rings. The van der Waals surface area contributed by atoms with E-state index in [2.05, 4.69) is 35.5 Å². The van der Waals surface area contributed by atoms with E-state index in [0.717, 1.165) is 49.0 Å². The number of aromatic nitrogens is 2. The van der Waals surface area contributed by atoms with E-state index in [1.54, 1.807) is 0 Å². The summed E-state index contributed by atoms with van der Waals surface area (Å²) in [6, 6.07) is 0.596. The Balaban J connectivity index is 2.17. The average Bonchev–Trinajstić information content (AvgIpc) is 2.77. The van der Waals surface area contributed by atoms with Gasteiger partial charge in [0.1, 0.15) is 0 Å². The van der Waals surface area contributed by atoms with Crippen molar-refractivity contribution in [3.05, 3.63) is 16.4 Å². The average molecular weight is 299 g/mol. The lowest BCUT2D eigenvalue weighted by Gasteiger charge is -2.37. The maximum absolute atomic E-state index is 6.51. The fourth-order valence-corrected chi connectivity index (χ4v) is 3.36. The predicted molar refractivity (Wildman–Crippen MR) is 83.9 cm³/mol. The van der Waals surface area contributed by atoms with E-state index in [-0.39, 0.29) is 0 Å². The van der Waals surface area contributed by atoms with E-state index < -0.39 is 0 Å². The number of hydrogen-bond acceptors (Lipinski definition) is 3. The number of nitrogens with two attached hydrogens (primary N) is 1. The second-order valence-corrected chi connectivity index (χ2v) is 6.21. The van der Waals surface area contributed by atoms with Gasteiger partial charge in [-0.2, -0.15) is 5.10 Å². The highest BCUT2D eigenvalue weighted by Crippen LogP contribution is 2.27. The van der Waals surface area contributed by atoms with Gasteiger partial charge in [-0.15, -0.1) is 0 Å². The van der Waals surface area contributed by atoms with Crippen LogP contribution in [0, 0.1) is 5.92 Å². The number of halogens is 1. The van der Waals surface area contributed by atoms with Crippen molar-refractivity contribution < 1.29 is 0 Å². The van der Waals surface area contributed by atoms with Crippen LogP contribution in [0.2, 0.25) is 5.02 Å². The number of nitrogens with zero attached hydrogens (tertiary/aromatic N) is 3. The summed E-state index contributed by atoms with van der Waals surface area (Å²) in [7, 11) is 0. The summed E-state index contributed by atoms with van der Waals surface area (Å²) in [6.07, 6.45) is 3.36. The van der Waals surface area contributed by atoms with Crippen LogP contribution in [0.1, 0.15) is 45.0 Å². The number of rotatable bonds is 5. The van der Waals surface area contributed by atoms with Gasteiger partial charge in [0.05, 0.1) is 16.4 Å². The summed E-state index contributed by atoms with van der Waals surface area (Å²) in [5.74, 6) is 0.619. The van der Waals surface area contributed by atoms with Crippen molar-refractivity contribution in [3.63, 3.8) is 0 Å². The van der Waals surface area contributed by atoms with Crippen LogP contribution in [0.4, 0.5) is 0 Å². The van der Waals surface area contributed by atoms with Crippen molar-refractivity contribution in [1.82, 2.24) is 14.7 Å². The third-order valence-electron chi connectivity index (χ3n) is 4.49. The Morgan fingerprint density at radius 1 is 1.35 bits per heavy atom. The molecule has 1 aliphatic heterocycles. The van der Waals surface area contributed by atoms with E-state index in [9.17, 15) is 0 Å². The van der Waals surface area contributed by atoms with Gasteiger partial charge in [0.2, 0.25) is 0 Å². The van der Waals surface area contributed by atoms with Gasteiger partial charge in [-0.3, -0.25) is 9.58 Å². The molecule has 20 heavy (non-hydrogen) atoms. The lowest BCUT2D eigenvalue weighted by Crippen LogP contribution is -2.43. The van der Waals surface area contributed by atoms with Gasteiger partial charge < -0.3 is 5.73 Å². The Morgan fingerprint density at radius 3 is 2.70 bits per heavy atom. The molecule has 2 unspecified atom stereocenters. The molecule has 1 aromatic heterocycles. The molecule has 0 spiro atoms. The topological polar surface area (TPSA) is 47.1 Å². The van der Waals surface area contributed by atoms with E-state index in [1.807, 2.05) is 0 Å². The van der Waals surface area contributed by atoms with Gasteiger partial charge >= 0.3 is 0 Å². The van der Waals surface area contributed by atoms with E-state index in [0.29, 0.717) is 12.0 Å². The van der Waals surface area contributed by atoms with Crippen LogP contribution in [0.25, 0.3) is 0 Å². The van der Waals surface area contributed by atoms with Crippen molar-refractivity contribution in [2.24, 2.45) is 11.7 Å². The van der Waals surface area contributed by atoms with Crippen LogP contribution >= 0.6 is 11.6 Å². The van der Waals surface area contributed by atoms with Crippen LogP contribution in [0.5, 0.6) is 0 Å². The molecule has 114 valence electrons. The van der Waals surface area contributed by atoms with E-state index in [4.69, 9.17) is 17.3 Å². The molecular formula is C15H27ClN4. The molecule has 0 bridgehead atoms. The highest BCUT2D eigenvalue weighted by atomic mass is 35.5. The Kier molecular flexibility index (Phi) is 5.47. The zero-order valence-corrected chi connectivity index (χ0v) is 13.7. The van der Waals surface area contributed by atoms with Gasteiger partial charge in [-0.1, -0.05) is 18.5 Å². The Hall–Kier alpha value is -0.580. The molecule has 2 atom stereocenters. The smallest absolute Gasteiger partial charge is 0.0863 e. The summed E-state index contributed by atoms with van der Waals surface area (Å²) in [4.78, 5) is 2.51. The third kappa shape index (κ3) is 3.18. The molecule has 0 radical (unpaired) electrons. The first-order chi connectivity index (χ1) is 9.60. The summed E-state index contributed by atoms with van der Waals surface area (Å²) in [6.45, 7) is 10.1. The first-order valence-electron chi connectivity index (χ1n) is 7.78. The van der Waals surface area contributed by atoms with Gasteiger partial charge in [-0.25, -0.2) is 0 Å². The Morgan fingerprint density at radius 2 is 2.10 bits per heavy atom. The molecule has 0 aliphatic carbocycles. The molecule has 0 aromatic carbocycles. The van der Waals surface area contributed by atoms with E-state index >= 15 is 0 Å². The Bertz CT molecular complexity index is 443. The molecule has 4 nitrogen and oxygen atoms in total. The van der Waals surface area contributed by atoms with Crippen LogP contribution in [0.15, 0.2) is 0 Å². The maximum Gasteiger partial charge on any atom is 0.0863 e. The van der Waals surface area contributed by atoms with Crippen LogP contribution in [-0.4, -0.2) is 33.8 Å². The lowest BCUT2D eigenvalue weighted by molar-refractivity contribution is 0.110. The van der Waals surface area contributed by atoms with Crippen LogP contribution in [-0.2, 0) is 19.5 Å². The van der Waals surface area contributed by atoms with Gasteiger partial charge in [-0.05, 0) is 45.6 Å². The van der Waals surface area contributed by atoms with Gasteiger partial charge in [0.25, 0.3) is 0 Å². The molecule has 1 saturated heterocycles. The fraction of sp³-hybridized carbons (Fsp3) is 0.800. The predicted octanol–water partition coefficient (Wildman–Crippen LogP) is 2.68. The second kappa shape index (κ2) is 6.92. The zero-order chi connectivity index (χ0) is 14.7. The molecular weight excluding hydrogens is 272 g/mol.